The van der Waals surface area contributed by atoms with Crippen molar-refractivity contribution in [3.8, 4) is 5.75 Å². The lowest BCUT2D eigenvalue weighted by Crippen LogP contribution is -2.43. The summed E-state index contributed by atoms with van der Waals surface area (Å²) in [4.78, 5) is 14.3. The highest BCUT2D eigenvalue weighted by Gasteiger charge is 2.18. The SMILES string of the molecule is CCOc1ccc(Cl)cc1NC(=O)CN1CCC(N)CC1. The van der Waals surface area contributed by atoms with E-state index >= 15 is 0 Å². The fourth-order valence-electron chi connectivity index (χ4n) is 2.39. The molecule has 21 heavy (non-hydrogen) atoms. The Kier molecular flexibility index (Phi) is 5.85. The molecule has 1 fully saturated rings. The Morgan fingerprint density at radius 3 is 2.86 bits per heavy atom. The van der Waals surface area contributed by atoms with E-state index in [2.05, 4.69) is 10.2 Å². The molecule has 6 heteroatoms. The Morgan fingerprint density at radius 1 is 1.48 bits per heavy atom. The molecule has 1 saturated heterocycles. The number of nitrogens with zero attached hydrogens (tertiary/aromatic N) is 1. The summed E-state index contributed by atoms with van der Waals surface area (Å²) >= 11 is 5.98. The summed E-state index contributed by atoms with van der Waals surface area (Å²) in [7, 11) is 0. The van der Waals surface area contributed by atoms with Crippen molar-refractivity contribution in [3.63, 3.8) is 0 Å². The molecule has 116 valence electrons. The minimum Gasteiger partial charge on any atom is -0.492 e. The zero-order chi connectivity index (χ0) is 15.2. The molecule has 2 rings (SSSR count). The second kappa shape index (κ2) is 7.64. The number of anilines is 1. The molecule has 3 N–H and O–H groups in total. The molecule has 0 unspecified atom stereocenters. The number of nitrogens with one attached hydrogen (secondary N) is 1. The summed E-state index contributed by atoms with van der Waals surface area (Å²) in [6.45, 7) is 4.53. The number of hydrogen-bond donors (Lipinski definition) is 2. The molecule has 0 atom stereocenters. The lowest BCUT2D eigenvalue weighted by molar-refractivity contribution is -0.117. The highest BCUT2D eigenvalue weighted by atomic mass is 35.5. The summed E-state index contributed by atoms with van der Waals surface area (Å²) < 4.78 is 5.49. The highest BCUT2D eigenvalue weighted by Crippen LogP contribution is 2.28. The van der Waals surface area contributed by atoms with E-state index < -0.39 is 0 Å². The monoisotopic (exact) mass is 311 g/mol. The van der Waals surface area contributed by atoms with Gasteiger partial charge in [0.15, 0.2) is 0 Å². The molecule has 0 radical (unpaired) electrons. The van der Waals surface area contributed by atoms with Crippen molar-refractivity contribution in [3.05, 3.63) is 23.2 Å². The first-order valence-electron chi connectivity index (χ1n) is 7.28. The van der Waals surface area contributed by atoms with Gasteiger partial charge in [-0.25, -0.2) is 0 Å². The van der Waals surface area contributed by atoms with Crippen LogP contribution in [0.15, 0.2) is 18.2 Å². The Bertz CT molecular complexity index is 488. The van der Waals surface area contributed by atoms with Crippen molar-refractivity contribution in [1.29, 1.82) is 0 Å². The molecule has 1 amide bonds. The fraction of sp³-hybridized carbons (Fsp3) is 0.533. The molecule has 1 aromatic rings. The zero-order valence-corrected chi connectivity index (χ0v) is 13.0. The predicted molar refractivity (Wildman–Crippen MR) is 84.9 cm³/mol. The van der Waals surface area contributed by atoms with Crippen LogP contribution in [0.4, 0.5) is 5.69 Å². The maximum Gasteiger partial charge on any atom is 0.238 e. The van der Waals surface area contributed by atoms with Crippen LogP contribution in [0.25, 0.3) is 0 Å². The minimum absolute atomic E-state index is 0.0614. The topological polar surface area (TPSA) is 67.6 Å². The van der Waals surface area contributed by atoms with E-state index in [1.54, 1.807) is 18.2 Å². The van der Waals surface area contributed by atoms with E-state index in [0.717, 1.165) is 25.9 Å². The van der Waals surface area contributed by atoms with Crippen LogP contribution in [0, 0.1) is 0 Å². The van der Waals surface area contributed by atoms with Gasteiger partial charge in [0.1, 0.15) is 5.75 Å². The van der Waals surface area contributed by atoms with Crippen molar-refractivity contribution in [1.82, 2.24) is 4.90 Å². The van der Waals surface area contributed by atoms with Crippen LogP contribution in [-0.2, 0) is 4.79 Å². The number of carbonyl (C=O) groups excluding carboxylic acids is 1. The molecule has 0 spiro atoms. The van der Waals surface area contributed by atoms with Gasteiger partial charge in [-0.2, -0.15) is 0 Å². The lowest BCUT2D eigenvalue weighted by atomic mass is 10.1. The largest absolute Gasteiger partial charge is 0.492 e. The van der Waals surface area contributed by atoms with E-state index in [4.69, 9.17) is 22.1 Å². The van der Waals surface area contributed by atoms with Crippen LogP contribution in [-0.4, -0.2) is 43.1 Å². The smallest absolute Gasteiger partial charge is 0.238 e. The summed E-state index contributed by atoms with van der Waals surface area (Å²) in [5.41, 5.74) is 6.48. The number of likely N-dealkylation sites (tertiary alicyclic amines) is 1. The Morgan fingerprint density at radius 2 is 2.19 bits per heavy atom. The predicted octanol–water partition coefficient (Wildman–Crippen LogP) is 2.10. The van der Waals surface area contributed by atoms with Crippen molar-refractivity contribution < 1.29 is 9.53 Å². The lowest BCUT2D eigenvalue weighted by Gasteiger charge is -2.29. The van der Waals surface area contributed by atoms with E-state index in [1.165, 1.54) is 0 Å². The molecule has 1 heterocycles. The molecule has 1 aliphatic rings. The minimum atomic E-state index is -0.0614. The van der Waals surface area contributed by atoms with Crippen molar-refractivity contribution in [2.45, 2.75) is 25.8 Å². The quantitative estimate of drug-likeness (QED) is 0.874. The van der Waals surface area contributed by atoms with E-state index in [-0.39, 0.29) is 11.9 Å². The number of ether oxygens (including phenoxy) is 1. The number of rotatable bonds is 5. The number of nitrogens with two attached hydrogens (primary N) is 1. The molecule has 0 saturated carbocycles. The molecule has 0 aromatic heterocycles. The van der Waals surface area contributed by atoms with Crippen LogP contribution >= 0.6 is 11.6 Å². The third-order valence-electron chi connectivity index (χ3n) is 3.51. The molecule has 0 aliphatic carbocycles. The van der Waals surface area contributed by atoms with Crippen LogP contribution in [0.1, 0.15) is 19.8 Å². The van der Waals surface area contributed by atoms with Gasteiger partial charge in [0.05, 0.1) is 18.8 Å². The zero-order valence-electron chi connectivity index (χ0n) is 12.3. The van der Waals surface area contributed by atoms with Crippen molar-refractivity contribution >= 4 is 23.2 Å². The van der Waals surface area contributed by atoms with Gasteiger partial charge in [0, 0.05) is 24.2 Å². The number of piperidine rings is 1. The molecule has 1 aromatic carbocycles. The third kappa shape index (κ3) is 4.88. The number of amides is 1. The van der Waals surface area contributed by atoms with E-state index in [1.807, 2.05) is 6.92 Å². The standard InChI is InChI=1S/C15H22ClN3O2/c1-2-21-14-4-3-11(16)9-13(14)18-15(20)10-19-7-5-12(17)6-8-19/h3-4,9,12H,2,5-8,10,17H2,1H3,(H,18,20). The molecule has 0 bridgehead atoms. The average Bonchev–Trinajstić information content (AvgIpc) is 2.44. The fourth-order valence-corrected chi connectivity index (χ4v) is 2.56. The Hall–Kier alpha value is -1.30. The first-order valence-corrected chi connectivity index (χ1v) is 7.66. The molecule has 5 nitrogen and oxygen atoms in total. The number of halogens is 1. The molecule has 1 aliphatic heterocycles. The maximum absolute atomic E-state index is 12.1. The van der Waals surface area contributed by atoms with Gasteiger partial charge in [-0.15, -0.1) is 0 Å². The van der Waals surface area contributed by atoms with Gasteiger partial charge in [-0.05, 0) is 38.0 Å². The molecular weight excluding hydrogens is 290 g/mol. The van der Waals surface area contributed by atoms with Gasteiger partial charge in [0.2, 0.25) is 5.91 Å². The Labute approximate surface area is 130 Å². The van der Waals surface area contributed by atoms with Crippen LogP contribution in [0.3, 0.4) is 0 Å². The first-order chi connectivity index (χ1) is 10.1. The third-order valence-corrected chi connectivity index (χ3v) is 3.75. The second-order valence-corrected chi connectivity index (χ2v) is 5.67. The summed E-state index contributed by atoms with van der Waals surface area (Å²) in [5.74, 6) is 0.574. The number of benzene rings is 1. The average molecular weight is 312 g/mol. The first kappa shape index (κ1) is 16.1. The number of hydrogen-bond acceptors (Lipinski definition) is 4. The number of carbonyl (C=O) groups is 1. The summed E-state index contributed by atoms with van der Waals surface area (Å²) in [6, 6.07) is 5.48. The maximum atomic E-state index is 12.1. The van der Waals surface area contributed by atoms with Gasteiger partial charge in [0.25, 0.3) is 0 Å². The van der Waals surface area contributed by atoms with Crippen molar-refractivity contribution in [2.75, 3.05) is 31.6 Å². The van der Waals surface area contributed by atoms with Gasteiger partial charge in [-0.3, -0.25) is 9.69 Å². The summed E-state index contributed by atoms with van der Waals surface area (Å²) in [6.07, 6.45) is 1.88. The van der Waals surface area contributed by atoms with E-state index in [0.29, 0.717) is 29.6 Å². The second-order valence-electron chi connectivity index (χ2n) is 5.24. The van der Waals surface area contributed by atoms with Gasteiger partial charge >= 0.3 is 0 Å². The van der Waals surface area contributed by atoms with Crippen LogP contribution in [0.2, 0.25) is 5.02 Å². The Balaban J connectivity index is 1.94. The normalized spacial score (nSPS) is 16.7. The summed E-state index contributed by atoms with van der Waals surface area (Å²) in [5, 5.41) is 3.44. The van der Waals surface area contributed by atoms with Crippen LogP contribution in [0.5, 0.6) is 5.75 Å². The molecular formula is C15H22ClN3O2. The van der Waals surface area contributed by atoms with Crippen molar-refractivity contribution in [2.24, 2.45) is 5.73 Å². The van der Waals surface area contributed by atoms with Crippen LogP contribution < -0.4 is 15.8 Å². The van der Waals surface area contributed by atoms with Gasteiger partial charge < -0.3 is 15.8 Å². The van der Waals surface area contributed by atoms with E-state index in [9.17, 15) is 4.79 Å². The highest BCUT2D eigenvalue weighted by molar-refractivity contribution is 6.31. The van der Waals surface area contributed by atoms with Gasteiger partial charge in [-0.1, -0.05) is 11.6 Å².